The minimum Gasteiger partial charge on any atom is -0.265 e. The van der Waals surface area contributed by atoms with Crippen molar-refractivity contribution in [2.24, 2.45) is 0 Å². The second kappa shape index (κ2) is 34.5. The van der Waals surface area contributed by atoms with E-state index >= 15 is 0 Å². The Labute approximate surface area is 699 Å². The fourth-order valence-electron chi connectivity index (χ4n) is 15.9. The van der Waals surface area contributed by atoms with Crippen molar-refractivity contribution >= 4 is 0 Å². The Balaban J connectivity index is 0.000000159. The normalized spacial score (nSPS) is 11.0. The zero-order valence-corrected chi connectivity index (χ0v) is 65.6. The highest BCUT2D eigenvalue weighted by molar-refractivity contribution is 5.89. The standard InChI is InChI=1S/C58H40N2.C55H37N5/c1-2-11-41(12-3-1)56-37-57(53-23-8-20-50(35-53)47-17-5-15-45(32-47)44-14-4-13-43(31-44)42-26-29-59-30-27-42)39-58(38-56)54-24-9-21-51(36-54)48-18-6-16-46(33-48)49-19-7-22-52(34-49)55-25-10-28-60-40-55;1-2-22-60-55(21-1)49-20-8-16-45(28-49)41-12-4-10-39(24-41)43-14-6-18-47(26-43)51-29-50(30-52(31-51)54-34-58-37-59-35-54)46-17-5-13-42(25-46)38-9-3-11-40(23-38)44-15-7-19-48(27-44)53-32-56-36-57-33-53/h1-40H;1-37H. The lowest BCUT2D eigenvalue weighted by molar-refractivity contribution is 1.17. The Hall–Kier alpha value is -16.1. The topological polar surface area (TPSA) is 90.2 Å². The van der Waals surface area contributed by atoms with Crippen LogP contribution in [0, 0.1) is 0 Å². The number of hydrogen-bond donors (Lipinski definition) is 0. The Morgan fingerprint density at radius 3 is 0.617 bits per heavy atom. The van der Waals surface area contributed by atoms with Gasteiger partial charge in [0.05, 0.1) is 5.69 Å². The average molecular weight is 1530 g/mol. The Morgan fingerprint density at radius 1 is 0.108 bits per heavy atom. The Morgan fingerprint density at radius 2 is 0.317 bits per heavy atom. The van der Waals surface area contributed by atoms with Crippen LogP contribution < -0.4 is 0 Å². The van der Waals surface area contributed by atoms with E-state index in [1.54, 1.807) is 12.7 Å². The van der Waals surface area contributed by atoms with Gasteiger partial charge in [-0.2, -0.15) is 0 Å². The van der Waals surface area contributed by atoms with Gasteiger partial charge in [0.1, 0.15) is 12.7 Å². The summed E-state index contributed by atoms with van der Waals surface area (Å²) in [6.45, 7) is 0. The van der Waals surface area contributed by atoms with Gasteiger partial charge in [-0.3, -0.25) is 15.0 Å². The van der Waals surface area contributed by atoms with E-state index in [-0.39, 0.29) is 0 Å². The van der Waals surface area contributed by atoms with Gasteiger partial charge in [0.15, 0.2) is 0 Å². The van der Waals surface area contributed by atoms with Gasteiger partial charge >= 0.3 is 0 Å². The van der Waals surface area contributed by atoms with E-state index in [0.717, 1.165) is 117 Å². The van der Waals surface area contributed by atoms with Crippen LogP contribution in [0.3, 0.4) is 0 Å². The minimum atomic E-state index is 0.963. The lowest BCUT2D eigenvalue weighted by atomic mass is 9.90. The molecule has 20 aromatic rings. The SMILES string of the molecule is c1ccc(-c2cc(-c3cccc(-c4cccc(-c5cccc(-c6ccncc6)c5)c4)c3)cc(-c3cccc(-c4cccc(-c5cccc(-c6cccnc6)c5)c4)c3)c2)cc1.c1ccc(-c2cccc(-c3cccc(-c4cccc(-c5cc(-c6cncnc6)cc(-c6cccc(-c7cccc(-c8cccc(-c9cncnc9)c8)c7)c6)c5)c4)c3)c2)nc1. The van der Waals surface area contributed by atoms with Crippen molar-refractivity contribution in [3.63, 3.8) is 0 Å². The smallest absolute Gasteiger partial charge is 0.115 e. The van der Waals surface area contributed by atoms with E-state index < -0.39 is 0 Å². The lowest BCUT2D eigenvalue weighted by Gasteiger charge is -2.14. The van der Waals surface area contributed by atoms with Crippen LogP contribution in [-0.2, 0) is 0 Å². The number of aromatic nitrogens is 7. The summed E-state index contributed by atoms with van der Waals surface area (Å²) in [5.41, 5.74) is 41.0. The molecule has 7 nitrogen and oxygen atoms in total. The molecule has 20 rings (SSSR count). The van der Waals surface area contributed by atoms with E-state index in [4.69, 9.17) is 0 Å². The predicted molar refractivity (Wildman–Crippen MR) is 495 cm³/mol. The first-order valence-electron chi connectivity index (χ1n) is 40.2. The summed E-state index contributed by atoms with van der Waals surface area (Å²) < 4.78 is 0. The van der Waals surface area contributed by atoms with E-state index in [0.29, 0.717) is 0 Å². The maximum absolute atomic E-state index is 4.57. The van der Waals surface area contributed by atoms with Crippen molar-refractivity contribution < 1.29 is 0 Å². The van der Waals surface area contributed by atoms with Crippen LogP contribution in [0.4, 0.5) is 0 Å². The highest BCUT2D eigenvalue weighted by Gasteiger charge is 2.17. The fraction of sp³-hybridized carbons (Fsp3) is 0. The maximum Gasteiger partial charge on any atom is 0.115 e. The molecule has 0 aliphatic heterocycles. The Kier molecular flexibility index (Phi) is 21.3. The summed E-state index contributed by atoms with van der Waals surface area (Å²) in [6.07, 6.45) is 19.8. The third kappa shape index (κ3) is 16.9. The lowest BCUT2D eigenvalue weighted by Crippen LogP contribution is -1.89. The molecule has 5 heterocycles. The van der Waals surface area contributed by atoms with Crippen LogP contribution in [0.1, 0.15) is 0 Å². The van der Waals surface area contributed by atoms with Crippen LogP contribution >= 0.6 is 0 Å². The fourth-order valence-corrected chi connectivity index (χ4v) is 15.9. The van der Waals surface area contributed by atoms with Crippen molar-refractivity contribution in [3.8, 4) is 200 Å². The van der Waals surface area contributed by atoms with Crippen molar-refractivity contribution in [1.82, 2.24) is 34.9 Å². The summed E-state index contributed by atoms with van der Waals surface area (Å²) >= 11 is 0. The first kappa shape index (κ1) is 74.0. The highest BCUT2D eigenvalue weighted by atomic mass is 14.8. The third-order valence-corrected chi connectivity index (χ3v) is 22.1. The number of nitrogens with zero attached hydrogens (tertiary/aromatic N) is 7. The molecule has 0 bridgehead atoms. The second-order valence-corrected chi connectivity index (χ2v) is 29.9. The van der Waals surface area contributed by atoms with Crippen molar-refractivity contribution in [2.75, 3.05) is 0 Å². The van der Waals surface area contributed by atoms with Crippen LogP contribution in [0.25, 0.3) is 200 Å². The summed E-state index contributed by atoms with van der Waals surface area (Å²) in [4.78, 5) is 30.3. The molecule has 0 spiro atoms. The summed E-state index contributed by atoms with van der Waals surface area (Å²) in [5.74, 6) is 0. The molecule has 0 saturated heterocycles. The van der Waals surface area contributed by atoms with Crippen molar-refractivity contribution in [1.29, 1.82) is 0 Å². The molecule has 0 fully saturated rings. The van der Waals surface area contributed by atoms with E-state index in [1.165, 1.54) is 83.5 Å². The van der Waals surface area contributed by atoms with Gasteiger partial charge in [-0.25, -0.2) is 19.9 Å². The van der Waals surface area contributed by atoms with Gasteiger partial charge in [0.2, 0.25) is 0 Å². The van der Waals surface area contributed by atoms with Gasteiger partial charge in [-0.15, -0.1) is 0 Å². The maximum atomic E-state index is 4.57. The Bertz CT molecular complexity index is 6220. The third-order valence-electron chi connectivity index (χ3n) is 22.1. The van der Waals surface area contributed by atoms with E-state index in [1.807, 2.05) is 80.0 Å². The molecule has 0 atom stereocenters. The zero-order chi connectivity index (χ0) is 80.2. The van der Waals surface area contributed by atoms with Gasteiger partial charge < -0.3 is 0 Å². The molecule has 7 heteroatoms. The van der Waals surface area contributed by atoms with Gasteiger partial charge in [-0.05, 0) is 312 Å². The predicted octanol–water partition coefficient (Wildman–Crippen LogP) is 29.1. The quantitative estimate of drug-likeness (QED) is 0.0845. The van der Waals surface area contributed by atoms with Crippen molar-refractivity contribution in [3.05, 3.63) is 469 Å². The number of pyridine rings is 3. The molecule has 0 aliphatic carbocycles. The molecule has 0 radical (unpaired) electrons. The van der Waals surface area contributed by atoms with Crippen LogP contribution in [0.2, 0.25) is 0 Å². The van der Waals surface area contributed by atoms with E-state index in [9.17, 15) is 0 Å². The van der Waals surface area contributed by atoms with Gasteiger partial charge in [0.25, 0.3) is 0 Å². The summed E-state index contributed by atoms with van der Waals surface area (Å²) in [7, 11) is 0. The molecule has 0 saturated carbocycles. The van der Waals surface area contributed by atoms with Crippen LogP contribution in [0.15, 0.2) is 469 Å². The van der Waals surface area contributed by atoms with Gasteiger partial charge in [0, 0.05) is 78.0 Å². The summed E-state index contributed by atoms with van der Waals surface area (Å²) in [5, 5.41) is 0. The van der Waals surface area contributed by atoms with Crippen LogP contribution in [-0.4, -0.2) is 34.9 Å². The summed E-state index contributed by atoms with van der Waals surface area (Å²) in [6, 6.07) is 144. The van der Waals surface area contributed by atoms with Gasteiger partial charge in [-0.1, -0.05) is 261 Å². The number of benzene rings is 15. The monoisotopic (exact) mass is 1530 g/mol. The largest absolute Gasteiger partial charge is 0.265 e. The van der Waals surface area contributed by atoms with Crippen molar-refractivity contribution in [2.45, 2.75) is 0 Å². The molecule has 0 amide bonds. The molecular formula is C113H77N7. The number of rotatable bonds is 18. The molecule has 0 aliphatic rings. The molecule has 120 heavy (non-hydrogen) atoms. The molecular weight excluding hydrogens is 1460 g/mol. The highest BCUT2D eigenvalue weighted by Crippen LogP contribution is 2.42. The first-order chi connectivity index (χ1) is 59.4. The average Bonchev–Trinajstić information content (AvgIpc) is 0.785. The molecule has 0 unspecified atom stereocenters. The minimum absolute atomic E-state index is 0.963. The first-order valence-corrected chi connectivity index (χ1v) is 40.2. The molecule has 5 aromatic heterocycles. The zero-order valence-electron chi connectivity index (χ0n) is 65.6. The van der Waals surface area contributed by atoms with Crippen LogP contribution in [0.5, 0.6) is 0 Å². The van der Waals surface area contributed by atoms with E-state index in [2.05, 4.69) is 411 Å². The molecule has 15 aromatic carbocycles. The molecule has 0 N–H and O–H groups in total. The number of hydrogen-bond acceptors (Lipinski definition) is 7. The molecule has 564 valence electrons. The second-order valence-electron chi connectivity index (χ2n) is 29.9.